The highest BCUT2D eigenvalue weighted by atomic mass is 16.2. The highest BCUT2D eigenvalue weighted by Gasteiger charge is 2.21. The topological polar surface area (TPSA) is 63.1 Å². The summed E-state index contributed by atoms with van der Waals surface area (Å²) in [7, 11) is 1.85. The fraction of sp³-hybridized carbons (Fsp3) is 0.357. The van der Waals surface area contributed by atoms with Crippen LogP contribution in [0.1, 0.15) is 18.5 Å². The first kappa shape index (κ1) is 12.7. The van der Waals surface area contributed by atoms with Crippen LogP contribution in [0.4, 0.5) is 11.4 Å². The van der Waals surface area contributed by atoms with Gasteiger partial charge in [-0.2, -0.15) is 0 Å². The third kappa shape index (κ3) is 2.64. The summed E-state index contributed by atoms with van der Waals surface area (Å²) in [5.41, 5.74) is 2.87. The number of carbonyl (C=O) groups excluding carboxylic acids is 1. The molecule has 1 aromatic carbocycles. The molecule has 2 aromatic rings. The molecular weight excluding hydrogens is 254 g/mol. The lowest BCUT2D eigenvalue weighted by Crippen LogP contribution is -2.23. The fourth-order valence-corrected chi connectivity index (χ4v) is 2.35. The molecule has 0 spiro atoms. The number of nitrogens with zero attached hydrogens (tertiary/aromatic N) is 4. The lowest BCUT2D eigenvalue weighted by Gasteiger charge is -2.16. The molecule has 1 fully saturated rings. The van der Waals surface area contributed by atoms with Crippen molar-refractivity contribution in [3.05, 3.63) is 36.2 Å². The van der Waals surface area contributed by atoms with Crippen LogP contribution in [0.5, 0.6) is 0 Å². The molecule has 1 aliphatic heterocycles. The zero-order chi connectivity index (χ0) is 13.9. The van der Waals surface area contributed by atoms with Crippen LogP contribution in [0, 0.1) is 0 Å². The predicted octanol–water partition coefficient (Wildman–Crippen LogP) is 1.55. The van der Waals surface area contributed by atoms with Gasteiger partial charge in [-0.25, -0.2) is 0 Å². The van der Waals surface area contributed by atoms with Gasteiger partial charge in [0.2, 0.25) is 5.91 Å². The molecule has 6 nitrogen and oxygen atoms in total. The molecule has 1 saturated heterocycles. The second-order valence-corrected chi connectivity index (χ2v) is 4.93. The average molecular weight is 271 g/mol. The van der Waals surface area contributed by atoms with E-state index in [4.69, 9.17) is 0 Å². The molecule has 1 aromatic heterocycles. The van der Waals surface area contributed by atoms with Gasteiger partial charge in [0.15, 0.2) is 0 Å². The first-order chi connectivity index (χ1) is 9.72. The van der Waals surface area contributed by atoms with E-state index in [0.717, 1.165) is 30.0 Å². The van der Waals surface area contributed by atoms with Crippen LogP contribution in [-0.2, 0) is 18.4 Å². The Kier molecular flexibility index (Phi) is 3.37. The van der Waals surface area contributed by atoms with E-state index in [1.807, 2.05) is 42.4 Å². The van der Waals surface area contributed by atoms with Gasteiger partial charge < -0.3 is 10.2 Å². The van der Waals surface area contributed by atoms with Gasteiger partial charge in [0.25, 0.3) is 0 Å². The standard InChI is InChI=1S/C14H17N5O/c1-18-10-12(16-17-18)9-15-11-4-6-13(7-5-11)19-8-2-3-14(19)20/h4-7,10,15H,2-3,8-9H2,1H3. The fourth-order valence-electron chi connectivity index (χ4n) is 2.35. The van der Waals surface area contributed by atoms with E-state index in [1.54, 1.807) is 4.68 Å². The Labute approximate surface area is 117 Å². The molecule has 6 heteroatoms. The molecule has 0 saturated carbocycles. The van der Waals surface area contributed by atoms with Crippen molar-refractivity contribution < 1.29 is 4.79 Å². The number of aromatic nitrogens is 3. The number of rotatable bonds is 4. The molecular formula is C14H17N5O. The summed E-state index contributed by atoms with van der Waals surface area (Å²) in [6.45, 7) is 1.46. The molecule has 0 unspecified atom stereocenters. The number of amides is 1. The van der Waals surface area contributed by atoms with E-state index in [0.29, 0.717) is 13.0 Å². The molecule has 3 rings (SSSR count). The third-order valence-electron chi connectivity index (χ3n) is 3.38. The molecule has 0 atom stereocenters. The predicted molar refractivity (Wildman–Crippen MR) is 76.4 cm³/mol. The van der Waals surface area contributed by atoms with Crippen LogP contribution in [0.3, 0.4) is 0 Å². The van der Waals surface area contributed by atoms with Crippen LogP contribution in [-0.4, -0.2) is 27.4 Å². The van der Waals surface area contributed by atoms with Crippen LogP contribution in [0.2, 0.25) is 0 Å². The van der Waals surface area contributed by atoms with Crippen molar-refractivity contribution in [3.63, 3.8) is 0 Å². The maximum Gasteiger partial charge on any atom is 0.227 e. The minimum Gasteiger partial charge on any atom is -0.379 e. The summed E-state index contributed by atoms with van der Waals surface area (Å²) in [4.78, 5) is 13.5. The lowest BCUT2D eigenvalue weighted by atomic mass is 10.2. The molecule has 104 valence electrons. The SMILES string of the molecule is Cn1cc(CNc2ccc(N3CCCC3=O)cc2)nn1. The minimum atomic E-state index is 0.213. The molecule has 0 radical (unpaired) electrons. The Balaban J connectivity index is 1.62. The second kappa shape index (κ2) is 5.32. The second-order valence-electron chi connectivity index (χ2n) is 4.93. The zero-order valence-corrected chi connectivity index (χ0v) is 11.4. The van der Waals surface area contributed by atoms with Gasteiger partial charge in [0, 0.05) is 37.6 Å². The Hall–Kier alpha value is -2.37. The highest BCUT2D eigenvalue weighted by Crippen LogP contribution is 2.23. The van der Waals surface area contributed by atoms with Crippen LogP contribution in [0.15, 0.2) is 30.5 Å². The van der Waals surface area contributed by atoms with Crippen LogP contribution < -0.4 is 10.2 Å². The van der Waals surface area contributed by atoms with Gasteiger partial charge in [0.05, 0.1) is 6.54 Å². The first-order valence-corrected chi connectivity index (χ1v) is 6.72. The van der Waals surface area contributed by atoms with Gasteiger partial charge in [-0.15, -0.1) is 5.10 Å². The van der Waals surface area contributed by atoms with Crippen molar-refractivity contribution in [2.24, 2.45) is 7.05 Å². The number of carbonyl (C=O) groups is 1. The van der Waals surface area contributed by atoms with E-state index < -0.39 is 0 Å². The first-order valence-electron chi connectivity index (χ1n) is 6.72. The van der Waals surface area contributed by atoms with Gasteiger partial charge in [-0.3, -0.25) is 9.48 Å². The van der Waals surface area contributed by atoms with Crippen molar-refractivity contribution >= 4 is 17.3 Å². The number of aryl methyl sites for hydroxylation is 1. The molecule has 1 aliphatic rings. The smallest absolute Gasteiger partial charge is 0.227 e. The Morgan fingerprint density at radius 1 is 1.30 bits per heavy atom. The van der Waals surface area contributed by atoms with Crippen molar-refractivity contribution in [2.45, 2.75) is 19.4 Å². The van der Waals surface area contributed by atoms with Crippen molar-refractivity contribution in [1.82, 2.24) is 15.0 Å². The summed E-state index contributed by atoms with van der Waals surface area (Å²) >= 11 is 0. The summed E-state index contributed by atoms with van der Waals surface area (Å²) in [5.74, 6) is 0.213. The van der Waals surface area contributed by atoms with Crippen LogP contribution in [0.25, 0.3) is 0 Å². The molecule has 1 amide bonds. The summed E-state index contributed by atoms with van der Waals surface area (Å²) in [6, 6.07) is 7.92. The quantitative estimate of drug-likeness (QED) is 0.916. The number of hydrogen-bond acceptors (Lipinski definition) is 4. The van der Waals surface area contributed by atoms with E-state index in [1.165, 1.54) is 0 Å². The van der Waals surface area contributed by atoms with E-state index in [2.05, 4.69) is 15.6 Å². The van der Waals surface area contributed by atoms with E-state index >= 15 is 0 Å². The average Bonchev–Trinajstić information content (AvgIpc) is 3.06. The Bertz CT molecular complexity index is 604. The monoisotopic (exact) mass is 271 g/mol. The summed E-state index contributed by atoms with van der Waals surface area (Å²) in [6.07, 6.45) is 3.49. The largest absolute Gasteiger partial charge is 0.379 e. The highest BCUT2D eigenvalue weighted by molar-refractivity contribution is 5.95. The maximum absolute atomic E-state index is 11.7. The minimum absolute atomic E-state index is 0.213. The molecule has 2 heterocycles. The normalized spacial score (nSPS) is 14.8. The number of nitrogens with one attached hydrogen (secondary N) is 1. The van der Waals surface area contributed by atoms with Gasteiger partial charge in [-0.05, 0) is 30.7 Å². The van der Waals surface area contributed by atoms with Crippen LogP contribution >= 0.6 is 0 Å². The van der Waals surface area contributed by atoms with E-state index in [9.17, 15) is 4.79 Å². The molecule has 20 heavy (non-hydrogen) atoms. The molecule has 1 N–H and O–H groups in total. The van der Waals surface area contributed by atoms with Crippen molar-refractivity contribution in [3.8, 4) is 0 Å². The number of hydrogen-bond donors (Lipinski definition) is 1. The third-order valence-corrected chi connectivity index (χ3v) is 3.38. The van der Waals surface area contributed by atoms with E-state index in [-0.39, 0.29) is 5.91 Å². The lowest BCUT2D eigenvalue weighted by molar-refractivity contribution is -0.117. The maximum atomic E-state index is 11.7. The van der Waals surface area contributed by atoms with Crippen molar-refractivity contribution in [1.29, 1.82) is 0 Å². The Morgan fingerprint density at radius 2 is 2.10 bits per heavy atom. The number of anilines is 2. The molecule has 0 bridgehead atoms. The van der Waals surface area contributed by atoms with Gasteiger partial charge in [0.1, 0.15) is 5.69 Å². The zero-order valence-electron chi connectivity index (χ0n) is 11.4. The van der Waals surface area contributed by atoms with Crippen molar-refractivity contribution in [2.75, 3.05) is 16.8 Å². The summed E-state index contributed by atoms with van der Waals surface area (Å²) in [5, 5.41) is 11.2. The molecule has 0 aliphatic carbocycles. The summed E-state index contributed by atoms with van der Waals surface area (Å²) < 4.78 is 1.68. The van der Waals surface area contributed by atoms with Gasteiger partial charge in [-0.1, -0.05) is 5.21 Å². The Morgan fingerprint density at radius 3 is 2.70 bits per heavy atom. The number of benzene rings is 1. The van der Waals surface area contributed by atoms with Gasteiger partial charge >= 0.3 is 0 Å².